The second kappa shape index (κ2) is 4.91. The Morgan fingerprint density at radius 3 is 2.70 bits per heavy atom. The SMILES string of the molecule is Cc1ccc(-n2nnc(C#N)c2-c2cccs2)cc1C. The molecule has 5 heteroatoms. The molecule has 0 spiro atoms. The van der Waals surface area contributed by atoms with Gasteiger partial charge in [-0.15, -0.1) is 16.4 Å². The van der Waals surface area contributed by atoms with Crippen molar-refractivity contribution in [3.63, 3.8) is 0 Å². The van der Waals surface area contributed by atoms with Gasteiger partial charge >= 0.3 is 0 Å². The van der Waals surface area contributed by atoms with Crippen molar-refractivity contribution in [1.82, 2.24) is 15.0 Å². The topological polar surface area (TPSA) is 54.5 Å². The van der Waals surface area contributed by atoms with Crippen molar-refractivity contribution < 1.29 is 0 Å². The minimum atomic E-state index is 0.352. The molecule has 0 saturated carbocycles. The molecule has 0 aliphatic carbocycles. The van der Waals surface area contributed by atoms with Gasteiger partial charge in [0, 0.05) is 0 Å². The quantitative estimate of drug-likeness (QED) is 0.722. The van der Waals surface area contributed by atoms with Crippen LogP contribution in [-0.2, 0) is 0 Å². The van der Waals surface area contributed by atoms with Crippen LogP contribution in [-0.4, -0.2) is 15.0 Å². The number of nitrogens with zero attached hydrogens (tertiary/aromatic N) is 4. The molecule has 0 radical (unpaired) electrons. The number of benzene rings is 1. The number of hydrogen-bond acceptors (Lipinski definition) is 4. The highest BCUT2D eigenvalue weighted by atomic mass is 32.1. The lowest BCUT2D eigenvalue weighted by Gasteiger charge is -2.07. The van der Waals surface area contributed by atoms with Crippen LogP contribution in [0.3, 0.4) is 0 Å². The molecule has 0 bridgehead atoms. The Morgan fingerprint density at radius 2 is 2.05 bits per heavy atom. The number of hydrogen-bond donors (Lipinski definition) is 0. The van der Waals surface area contributed by atoms with Gasteiger partial charge in [-0.25, -0.2) is 4.68 Å². The van der Waals surface area contributed by atoms with Gasteiger partial charge in [0.15, 0.2) is 5.69 Å². The fourth-order valence-electron chi connectivity index (χ4n) is 2.03. The van der Waals surface area contributed by atoms with E-state index < -0.39 is 0 Å². The van der Waals surface area contributed by atoms with Crippen molar-refractivity contribution in [3.8, 4) is 22.3 Å². The third kappa shape index (κ3) is 2.00. The smallest absolute Gasteiger partial charge is 0.191 e. The average molecular weight is 280 g/mol. The number of aromatic nitrogens is 3. The first kappa shape index (κ1) is 12.6. The molecule has 0 aliphatic rings. The molecule has 0 fully saturated rings. The number of nitriles is 1. The van der Waals surface area contributed by atoms with Crippen LogP contribution >= 0.6 is 11.3 Å². The van der Waals surface area contributed by atoms with Crippen LogP contribution in [0.5, 0.6) is 0 Å². The second-order valence-corrected chi connectivity index (χ2v) is 5.50. The molecule has 2 aromatic heterocycles. The van der Waals surface area contributed by atoms with Crippen molar-refractivity contribution in [1.29, 1.82) is 5.26 Å². The van der Waals surface area contributed by atoms with Crippen LogP contribution in [0.4, 0.5) is 0 Å². The molecule has 3 rings (SSSR count). The molecule has 0 aliphatic heterocycles. The summed E-state index contributed by atoms with van der Waals surface area (Å²) in [6.07, 6.45) is 0. The molecule has 3 aromatic rings. The van der Waals surface area contributed by atoms with E-state index >= 15 is 0 Å². The standard InChI is InChI=1S/C15H12N4S/c1-10-5-6-12(8-11(10)2)19-15(13(9-16)17-18-19)14-4-3-7-20-14/h3-8H,1-2H3. The Balaban J connectivity index is 2.22. The summed E-state index contributed by atoms with van der Waals surface area (Å²) in [5.41, 5.74) is 4.45. The van der Waals surface area contributed by atoms with Gasteiger partial charge in [0.25, 0.3) is 0 Å². The molecule has 0 saturated heterocycles. The first-order valence-corrected chi connectivity index (χ1v) is 7.06. The summed E-state index contributed by atoms with van der Waals surface area (Å²) in [4.78, 5) is 0.991. The Bertz CT molecular complexity index is 794. The molecule has 0 amide bonds. The van der Waals surface area contributed by atoms with Crippen molar-refractivity contribution in [2.75, 3.05) is 0 Å². The molecular formula is C15H12N4S. The highest BCUT2D eigenvalue weighted by Crippen LogP contribution is 2.29. The number of rotatable bonds is 2. The third-order valence-electron chi connectivity index (χ3n) is 3.27. The minimum Gasteiger partial charge on any atom is -0.211 e. The van der Waals surface area contributed by atoms with E-state index in [-0.39, 0.29) is 0 Å². The molecular weight excluding hydrogens is 268 g/mol. The van der Waals surface area contributed by atoms with Crippen LogP contribution < -0.4 is 0 Å². The average Bonchev–Trinajstić information content (AvgIpc) is 3.09. The van der Waals surface area contributed by atoms with Gasteiger partial charge in [-0.2, -0.15) is 5.26 Å². The summed E-state index contributed by atoms with van der Waals surface area (Å²) < 4.78 is 1.73. The van der Waals surface area contributed by atoms with E-state index in [4.69, 9.17) is 0 Å². The fraction of sp³-hybridized carbons (Fsp3) is 0.133. The Kier molecular flexibility index (Phi) is 3.09. The van der Waals surface area contributed by atoms with E-state index in [0.29, 0.717) is 5.69 Å². The van der Waals surface area contributed by atoms with E-state index in [1.165, 1.54) is 11.1 Å². The van der Waals surface area contributed by atoms with E-state index in [1.807, 2.05) is 23.6 Å². The summed E-state index contributed by atoms with van der Waals surface area (Å²) >= 11 is 1.57. The largest absolute Gasteiger partial charge is 0.211 e. The van der Waals surface area contributed by atoms with Crippen molar-refractivity contribution in [2.45, 2.75) is 13.8 Å². The summed E-state index contributed by atoms with van der Waals surface area (Å²) in [5.74, 6) is 0. The highest BCUT2D eigenvalue weighted by Gasteiger charge is 2.17. The molecule has 4 nitrogen and oxygen atoms in total. The van der Waals surface area contributed by atoms with E-state index in [9.17, 15) is 5.26 Å². The zero-order valence-corrected chi connectivity index (χ0v) is 12.0. The summed E-state index contributed by atoms with van der Waals surface area (Å²) in [5, 5.41) is 19.3. The summed E-state index contributed by atoms with van der Waals surface area (Å²) in [7, 11) is 0. The maximum absolute atomic E-state index is 9.21. The van der Waals surface area contributed by atoms with Crippen molar-refractivity contribution in [2.24, 2.45) is 0 Å². The van der Waals surface area contributed by atoms with Gasteiger partial charge in [-0.05, 0) is 48.6 Å². The monoisotopic (exact) mass is 280 g/mol. The first-order chi connectivity index (χ1) is 9.70. The summed E-state index contributed by atoms with van der Waals surface area (Å²) in [6, 6.07) is 12.1. The zero-order chi connectivity index (χ0) is 14.1. The molecule has 1 aromatic carbocycles. The summed E-state index contributed by atoms with van der Waals surface area (Å²) in [6.45, 7) is 4.13. The maximum atomic E-state index is 9.21. The number of aryl methyl sites for hydroxylation is 2. The van der Waals surface area contributed by atoms with E-state index in [2.05, 4.69) is 42.4 Å². The lowest BCUT2D eigenvalue weighted by atomic mass is 10.1. The lowest BCUT2D eigenvalue weighted by molar-refractivity contribution is 0.806. The van der Waals surface area contributed by atoms with Crippen LogP contribution in [0, 0.1) is 25.2 Å². The minimum absolute atomic E-state index is 0.352. The van der Waals surface area contributed by atoms with Gasteiger partial charge in [-0.1, -0.05) is 17.3 Å². The second-order valence-electron chi connectivity index (χ2n) is 4.56. The Labute approximate surface area is 120 Å². The van der Waals surface area contributed by atoms with E-state index in [0.717, 1.165) is 16.3 Å². The van der Waals surface area contributed by atoms with Crippen LogP contribution in [0.1, 0.15) is 16.8 Å². The van der Waals surface area contributed by atoms with Gasteiger partial charge in [-0.3, -0.25) is 0 Å². The first-order valence-electron chi connectivity index (χ1n) is 6.18. The normalized spacial score (nSPS) is 10.4. The molecule has 0 N–H and O–H groups in total. The van der Waals surface area contributed by atoms with Crippen LogP contribution in [0.25, 0.3) is 16.3 Å². The van der Waals surface area contributed by atoms with E-state index in [1.54, 1.807) is 16.0 Å². The van der Waals surface area contributed by atoms with Crippen LogP contribution in [0.15, 0.2) is 35.7 Å². The molecule has 20 heavy (non-hydrogen) atoms. The van der Waals surface area contributed by atoms with Gasteiger partial charge in [0.05, 0.1) is 10.6 Å². The van der Waals surface area contributed by atoms with Crippen molar-refractivity contribution in [3.05, 3.63) is 52.5 Å². The zero-order valence-electron chi connectivity index (χ0n) is 11.2. The van der Waals surface area contributed by atoms with Gasteiger partial charge < -0.3 is 0 Å². The Morgan fingerprint density at radius 1 is 1.20 bits per heavy atom. The van der Waals surface area contributed by atoms with Gasteiger partial charge in [0.1, 0.15) is 11.8 Å². The predicted molar refractivity (Wildman–Crippen MR) is 78.9 cm³/mol. The third-order valence-corrected chi connectivity index (χ3v) is 4.14. The van der Waals surface area contributed by atoms with Crippen LogP contribution in [0.2, 0.25) is 0 Å². The van der Waals surface area contributed by atoms with Crippen molar-refractivity contribution >= 4 is 11.3 Å². The highest BCUT2D eigenvalue weighted by molar-refractivity contribution is 7.13. The lowest BCUT2D eigenvalue weighted by Crippen LogP contribution is -2.00. The molecule has 0 unspecified atom stereocenters. The van der Waals surface area contributed by atoms with Gasteiger partial charge in [0.2, 0.25) is 0 Å². The number of thiophene rings is 1. The molecule has 98 valence electrons. The maximum Gasteiger partial charge on any atom is 0.191 e. The predicted octanol–water partition coefficient (Wildman–Crippen LogP) is 3.48. The Hall–Kier alpha value is -2.45. The fourth-order valence-corrected chi connectivity index (χ4v) is 2.79. The molecule has 0 atom stereocenters. The molecule has 2 heterocycles.